The van der Waals surface area contributed by atoms with E-state index in [9.17, 15) is 18.0 Å². The van der Waals surface area contributed by atoms with Crippen LogP contribution in [-0.2, 0) is 21.4 Å². The molecule has 1 aliphatic heterocycles. The minimum atomic E-state index is -4.19. The number of carbonyl (C=O) groups excluding carboxylic acids is 2. The number of benzene rings is 2. The Morgan fingerprint density at radius 1 is 1.07 bits per heavy atom. The van der Waals surface area contributed by atoms with Crippen LogP contribution in [0.1, 0.15) is 24.0 Å². The topological polar surface area (TPSA) is 86.8 Å². The second-order valence-corrected chi connectivity index (χ2v) is 9.44. The third-order valence-corrected chi connectivity index (χ3v) is 7.02. The molecule has 160 valence electrons. The lowest BCUT2D eigenvalue weighted by Gasteiger charge is -2.27. The van der Waals surface area contributed by atoms with E-state index in [0.29, 0.717) is 28.0 Å². The molecule has 2 aromatic carbocycles. The molecule has 1 fully saturated rings. The van der Waals surface area contributed by atoms with Crippen molar-refractivity contribution in [2.45, 2.75) is 31.2 Å². The highest BCUT2D eigenvalue weighted by Crippen LogP contribution is 2.20. The number of hydrogen-bond donors (Lipinski definition) is 1. The van der Waals surface area contributed by atoms with E-state index in [1.54, 1.807) is 36.4 Å². The Labute approximate surface area is 181 Å². The standard InChI is InChI=1S/C21H24ClN3O4S/c1-16-8-10-18(11-9-16)30(28,29)25(21(27)24-12-4-5-13-24)15-20(26)23-14-17-6-2-3-7-19(17)22/h2-3,6-11H,4-5,12-15H2,1H3,(H,23,26). The molecule has 0 bridgehead atoms. The number of nitrogens with one attached hydrogen (secondary N) is 1. The van der Waals surface area contributed by atoms with Crippen LogP contribution >= 0.6 is 11.6 Å². The van der Waals surface area contributed by atoms with Crippen molar-refractivity contribution >= 4 is 33.6 Å². The average molecular weight is 450 g/mol. The number of sulfonamides is 1. The molecule has 0 spiro atoms. The predicted molar refractivity (Wildman–Crippen MR) is 115 cm³/mol. The molecule has 1 saturated heterocycles. The molecule has 9 heteroatoms. The van der Waals surface area contributed by atoms with Crippen LogP contribution in [0.15, 0.2) is 53.4 Å². The van der Waals surface area contributed by atoms with Crippen LogP contribution in [0, 0.1) is 6.92 Å². The SMILES string of the molecule is Cc1ccc(S(=O)(=O)N(CC(=O)NCc2ccccc2Cl)C(=O)N2CCCC2)cc1. The van der Waals surface area contributed by atoms with Crippen LogP contribution in [-0.4, -0.2) is 49.2 Å². The summed E-state index contributed by atoms with van der Waals surface area (Å²) in [6.45, 7) is 2.32. The molecule has 3 rings (SSSR count). The molecular weight excluding hydrogens is 426 g/mol. The predicted octanol–water partition coefficient (Wildman–Crippen LogP) is 3.17. The molecule has 1 N–H and O–H groups in total. The molecule has 0 atom stereocenters. The van der Waals surface area contributed by atoms with Gasteiger partial charge in [0.25, 0.3) is 10.0 Å². The first-order valence-corrected chi connectivity index (χ1v) is 11.5. The fourth-order valence-corrected chi connectivity index (χ4v) is 4.73. The minimum absolute atomic E-state index is 0.0282. The Balaban J connectivity index is 1.80. The highest BCUT2D eigenvalue weighted by Gasteiger charge is 2.35. The third-order valence-electron chi connectivity index (χ3n) is 4.92. The van der Waals surface area contributed by atoms with Crippen molar-refractivity contribution in [2.24, 2.45) is 0 Å². The lowest BCUT2D eigenvalue weighted by atomic mass is 10.2. The molecule has 2 aromatic rings. The maximum atomic E-state index is 13.2. The largest absolute Gasteiger partial charge is 0.350 e. The highest BCUT2D eigenvalue weighted by atomic mass is 35.5. The molecular formula is C21H24ClN3O4S. The van der Waals surface area contributed by atoms with E-state index in [-0.39, 0.29) is 11.4 Å². The zero-order valence-electron chi connectivity index (χ0n) is 16.7. The smallest absolute Gasteiger partial charge is 0.334 e. The van der Waals surface area contributed by atoms with Gasteiger partial charge in [-0.15, -0.1) is 0 Å². The van der Waals surface area contributed by atoms with Crippen LogP contribution in [0.5, 0.6) is 0 Å². The van der Waals surface area contributed by atoms with Crippen molar-refractivity contribution in [1.82, 2.24) is 14.5 Å². The fourth-order valence-electron chi connectivity index (χ4n) is 3.18. The van der Waals surface area contributed by atoms with E-state index in [2.05, 4.69) is 5.32 Å². The fraction of sp³-hybridized carbons (Fsp3) is 0.333. The molecule has 0 aliphatic carbocycles. The molecule has 1 aliphatic rings. The van der Waals surface area contributed by atoms with Gasteiger partial charge in [-0.3, -0.25) is 4.79 Å². The second-order valence-electron chi connectivity index (χ2n) is 7.17. The molecule has 3 amide bonds. The summed E-state index contributed by atoms with van der Waals surface area (Å²) in [6.07, 6.45) is 1.62. The molecule has 0 aromatic heterocycles. The van der Waals surface area contributed by atoms with Gasteiger partial charge in [0, 0.05) is 24.7 Å². The number of nitrogens with zero attached hydrogens (tertiary/aromatic N) is 2. The first-order chi connectivity index (χ1) is 14.3. The van der Waals surface area contributed by atoms with E-state index >= 15 is 0 Å². The number of rotatable bonds is 6. The number of aryl methyl sites for hydroxylation is 1. The van der Waals surface area contributed by atoms with Crippen molar-refractivity contribution in [2.75, 3.05) is 19.6 Å². The maximum absolute atomic E-state index is 13.2. The average Bonchev–Trinajstić information content (AvgIpc) is 3.26. The lowest BCUT2D eigenvalue weighted by Crippen LogP contribution is -2.49. The minimum Gasteiger partial charge on any atom is -0.350 e. The van der Waals surface area contributed by atoms with Crippen LogP contribution < -0.4 is 5.32 Å². The number of likely N-dealkylation sites (tertiary alicyclic amines) is 1. The van der Waals surface area contributed by atoms with E-state index in [1.807, 2.05) is 6.92 Å². The molecule has 0 saturated carbocycles. The van der Waals surface area contributed by atoms with Crippen LogP contribution in [0.4, 0.5) is 4.79 Å². The molecule has 30 heavy (non-hydrogen) atoms. The molecule has 0 unspecified atom stereocenters. The normalized spacial score (nSPS) is 13.9. The summed E-state index contributed by atoms with van der Waals surface area (Å²) in [5, 5.41) is 3.14. The summed E-state index contributed by atoms with van der Waals surface area (Å²) >= 11 is 6.10. The van der Waals surface area contributed by atoms with Crippen molar-refractivity contribution in [3.05, 3.63) is 64.7 Å². The van der Waals surface area contributed by atoms with Gasteiger partial charge in [0.05, 0.1) is 4.90 Å². The van der Waals surface area contributed by atoms with E-state index in [0.717, 1.165) is 18.4 Å². The second kappa shape index (κ2) is 9.49. The summed E-state index contributed by atoms with van der Waals surface area (Å²) in [6, 6.07) is 12.5. The Hall–Kier alpha value is -2.58. The third kappa shape index (κ3) is 5.12. The summed E-state index contributed by atoms with van der Waals surface area (Å²) in [5.74, 6) is -0.585. The quantitative estimate of drug-likeness (QED) is 0.733. The monoisotopic (exact) mass is 449 g/mol. The number of hydrogen-bond acceptors (Lipinski definition) is 4. The van der Waals surface area contributed by atoms with Gasteiger partial charge in [-0.2, -0.15) is 0 Å². The van der Waals surface area contributed by atoms with Crippen molar-refractivity contribution in [1.29, 1.82) is 0 Å². The summed E-state index contributed by atoms with van der Waals surface area (Å²) in [4.78, 5) is 27.0. The van der Waals surface area contributed by atoms with Crippen LogP contribution in [0.3, 0.4) is 0 Å². The van der Waals surface area contributed by atoms with Gasteiger partial charge < -0.3 is 10.2 Å². The van der Waals surface area contributed by atoms with Crippen LogP contribution in [0.2, 0.25) is 5.02 Å². The van der Waals surface area contributed by atoms with Crippen molar-refractivity contribution < 1.29 is 18.0 Å². The zero-order valence-corrected chi connectivity index (χ0v) is 18.2. The Morgan fingerprint density at radius 3 is 2.33 bits per heavy atom. The number of carbonyl (C=O) groups is 2. The van der Waals surface area contributed by atoms with Crippen molar-refractivity contribution in [3.8, 4) is 0 Å². The number of urea groups is 1. The van der Waals surface area contributed by atoms with Gasteiger partial charge in [0.2, 0.25) is 5.91 Å². The lowest BCUT2D eigenvalue weighted by molar-refractivity contribution is -0.121. The first-order valence-electron chi connectivity index (χ1n) is 9.67. The van der Waals surface area contributed by atoms with Gasteiger partial charge in [-0.1, -0.05) is 47.5 Å². The summed E-state index contributed by atoms with van der Waals surface area (Å²) < 4.78 is 27.0. The van der Waals surface area contributed by atoms with Gasteiger partial charge >= 0.3 is 6.03 Å². The molecule has 1 heterocycles. The van der Waals surface area contributed by atoms with E-state index in [4.69, 9.17) is 11.6 Å². The molecule has 0 radical (unpaired) electrons. The Kier molecular flexibility index (Phi) is 6.99. The van der Waals surface area contributed by atoms with Gasteiger partial charge in [-0.25, -0.2) is 17.5 Å². The number of halogens is 1. The highest BCUT2D eigenvalue weighted by molar-refractivity contribution is 7.89. The van der Waals surface area contributed by atoms with Gasteiger partial charge in [-0.05, 0) is 43.5 Å². The number of amides is 3. The van der Waals surface area contributed by atoms with Crippen LogP contribution in [0.25, 0.3) is 0 Å². The summed E-state index contributed by atoms with van der Waals surface area (Å²) in [7, 11) is -4.19. The Bertz CT molecular complexity index is 1020. The molecule has 7 nitrogen and oxygen atoms in total. The van der Waals surface area contributed by atoms with Crippen molar-refractivity contribution in [3.63, 3.8) is 0 Å². The van der Waals surface area contributed by atoms with E-state index in [1.165, 1.54) is 17.0 Å². The Morgan fingerprint density at radius 2 is 1.70 bits per heavy atom. The zero-order chi connectivity index (χ0) is 21.7. The first kappa shape index (κ1) is 22.1. The van der Waals surface area contributed by atoms with Gasteiger partial charge in [0.1, 0.15) is 6.54 Å². The summed E-state index contributed by atoms with van der Waals surface area (Å²) in [5.41, 5.74) is 1.59. The maximum Gasteiger partial charge on any atom is 0.334 e. The van der Waals surface area contributed by atoms with E-state index < -0.39 is 28.5 Å². The van der Waals surface area contributed by atoms with Gasteiger partial charge in [0.15, 0.2) is 0 Å².